The Morgan fingerprint density at radius 3 is 2.90 bits per heavy atom. The highest BCUT2D eigenvalue weighted by atomic mass is 16.1. The van der Waals surface area contributed by atoms with Crippen LogP contribution in [0.2, 0.25) is 0 Å². The summed E-state index contributed by atoms with van der Waals surface area (Å²) >= 11 is 0. The summed E-state index contributed by atoms with van der Waals surface area (Å²) in [7, 11) is 0. The molecule has 0 aliphatic carbocycles. The average Bonchev–Trinajstić information content (AvgIpc) is 2.15. The van der Waals surface area contributed by atoms with Crippen LogP contribution >= 0.6 is 0 Å². The lowest BCUT2D eigenvalue weighted by Gasteiger charge is -1.91. The number of hydrogen-bond donors (Lipinski definition) is 3. The number of amides is 1. The molecule has 0 unspecified atom stereocenters. The zero-order chi connectivity index (χ0) is 7.56. The topological polar surface area (TPSA) is 97.8 Å². The molecule has 5 heteroatoms. The Labute approximate surface area is 57.4 Å². The monoisotopic (exact) mass is 140 g/mol. The second-order valence-corrected chi connectivity index (χ2v) is 1.91. The fourth-order valence-electron chi connectivity index (χ4n) is 0.647. The summed E-state index contributed by atoms with van der Waals surface area (Å²) in [4.78, 5) is 16.7. The van der Waals surface area contributed by atoms with Crippen molar-refractivity contribution in [2.75, 3.05) is 5.73 Å². The summed E-state index contributed by atoms with van der Waals surface area (Å²) in [6.07, 6.45) is 1.54. The SMILES string of the molecule is NC(=O)Cc1[nH]cnc1N. The summed E-state index contributed by atoms with van der Waals surface area (Å²) in [6.45, 7) is 0. The third-order valence-corrected chi connectivity index (χ3v) is 1.10. The molecule has 0 bridgehead atoms. The molecule has 1 aromatic heterocycles. The Kier molecular flexibility index (Phi) is 1.57. The summed E-state index contributed by atoms with van der Waals surface area (Å²) in [5.41, 5.74) is 10.8. The fourth-order valence-corrected chi connectivity index (χ4v) is 0.647. The van der Waals surface area contributed by atoms with E-state index in [-0.39, 0.29) is 6.42 Å². The molecule has 0 saturated carbocycles. The highest BCUT2D eigenvalue weighted by molar-refractivity contribution is 5.77. The number of aromatic amines is 1. The van der Waals surface area contributed by atoms with Gasteiger partial charge in [0.25, 0.3) is 0 Å². The first kappa shape index (κ1) is 6.60. The maximum atomic E-state index is 10.3. The third kappa shape index (κ3) is 1.25. The molecule has 0 atom stereocenters. The maximum absolute atomic E-state index is 10.3. The van der Waals surface area contributed by atoms with E-state index >= 15 is 0 Å². The van der Waals surface area contributed by atoms with E-state index in [2.05, 4.69) is 9.97 Å². The Morgan fingerprint density at radius 2 is 2.50 bits per heavy atom. The number of nitrogens with one attached hydrogen (secondary N) is 1. The molecule has 0 saturated heterocycles. The van der Waals surface area contributed by atoms with Gasteiger partial charge in [-0.25, -0.2) is 4.98 Å². The number of imidazole rings is 1. The van der Waals surface area contributed by atoms with E-state index < -0.39 is 5.91 Å². The number of carbonyl (C=O) groups excluding carboxylic acids is 1. The minimum Gasteiger partial charge on any atom is -0.382 e. The van der Waals surface area contributed by atoms with Crippen molar-refractivity contribution in [1.29, 1.82) is 0 Å². The van der Waals surface area contributed by atoms with E-state index in [1.807, 2.05) is 0 Å². The van der Waals surface area contributed by atoms with Crippen LogP contribution in [-0.4, -0.2) is 15.9 Å². The minimum absolute atomic E-state index is 0.117. The first-order valence-corrected chi connectivity index (χ1v) is 2.76. The zero-order valence-corrected chi connectivity index (χ0v) is 5.29. The maximum Gasteiger partial charge on any atom is 0.223 e. The number of aromatic nitrogens is 2. The second-order valence-electron chi connectivity index (χ2n) is 1.91. The van der Waals surface area contributed by atoms with E-state index in [1.165, 1.54) is 6.33 Å². The van der Waals surface area contributed by atoms with Gasteiger partial charge in [0.1, 0.15) is 5.82 Å². The van der Waals surface area contributed by atoms with Gasteiger partial charge in [0.05, 0.1) is 18.4 Å². The lowest BCUT2D eigenvalue weighted by atomic mass is 10.3. The van der Waals surface area contributed by atoms with E-state index in [4.69, 9.17) is 11.5 Å². The molecule has 1 aromatic rings. The molecule has 1 rings (SSSR count). The standard InChI is InChI=1S/C5H8N4O/c6-4(10)1-3-5(7)9-2-8-3/h2H,1,7H2,(H2,6,10)(H,8,9). The summed E-state index contributed by atoms with van der Waals surface area (Å²) in [5, 5.41) is 0. The molecular formula is C5H8N4O. The number of H-pyrrole nitrogens is 1. The van der Waals surface area contributed by atoms with Crippen molar-refractivity contribution in [3.8, 4) is 0 Å². The van der Waals surface area contributed by atoms with Gasteiger partial charge < -0.3 is 16.5 Å². The van der Waals surface area contributed by atoms with Crippen molar-refractivity contribution in [1.82, 2.24) is 9.97 Å². The Morgan fingerprint density at radius 1 is 1.80 bits per heavy atom. The fraction of sp³-hybridized carbons (Fsp3) is 0.200. The van der Waals surface area contributed by atoms with Gasteiger partial charge in [0.15, 0.2) is 0 Å². The first-order chi connectivity index (χ1) is 4.70. The number of carbonyl (C=O) groups is 1. The molecule has 10 heavy (non-hydrogen) atoms. The molecule has 0 aliphatic heterocycles. The van der Waals surface area contributed by atoms with E-state index in [9.17, 15) is 4.79 Å². The van der Waals surface area contributed by atoms with Gasteiger partial charge in [0, 0.05) is 0 Å². The van der Waals surface area contributed by atoms with Crippen LogP contribution in [-0.2, 0) is 11.2 Å². The Hall–Kier alpha value is -1.52. The van der Waals surface area contributed by atoms with E-state index in [0.29, 0.717) is 11.5 Å². The Balaban J connectivity index is 2.74. The van der Waals surface area contributed by atoms with Gasteiger partial charge in [-0.2, -0.15) is 0 Å². The smallest absolute Gasteiger partial charge is 0.223 e. The summed E-state index contributed by atoms with van der Waals surface area (Å²) in [5.74, 6) is -0.0882. The van der Waals surface area contributed by atoms with Crippen LogP contribution in [0.4, 0.5) is 5.82 Å². The normalized spacial score (nSPS) is 9.60. The van der Waals surface area contributed by atoms with E-state index in [0.717, 1.165) is 0 Å². The van der Waals surface area contributed by atoms with Gasteiger partial charge in [-0.15, -0.1) is 0 Å². The van der Waals surface area contributed by atoms with Crippen LogP contribution in [0.1, 0.15) is 5.69 Å². The van der Waals surface area contributed by atoms with Crippen LogP contribution in [0.5, 0.6) is 0 Å². The van der Waals surface area contributed by atoms with Gasteiger partial charge in [-0.05, 0) is 0 Å². The van der Waals surface area contributed by atoms with Crippen LogP contribution < -0.4 is 11.5 Å². The predicted octanol–water partition coefficient (Wildman–Crippen LogP) is -0.980. The van der Waals surface area contributed by atoms with Crippen LogP contribution in [0.15, 0.2) is 6.33 Å². The summed E-state index contributed by atoms with van der Waals surface area (Å²) in [6, 6.07) is 0. The zero-order valence-electron chi connectivity index (χ0n) is 5.29. The molecule has 0 spiro atoms. The van der Waals surface area contributed by atoms with Crippen LogP contribution in [0.25, 0.3) is 0 Å². The molecule has 1 heterocycles. The largest absolute Gasteiger partial charge is 0.382 e. The van der Waals surface area contributed by atoms with E-state index in [1.54, 1.807) is 0 Å². The number of nitrogens with zero attached hydrogens (tertiary/aromatic N) is 1. The lowest BCUT2D eigenvalue weighted by Crippen LogP contribution is -2.14. The Bertz CT molecular complexity index is 242. The molecule has 5 nitrogen and oxygen atoms in total. The number of nitrogens with two attached hydrogens (primary N) is 2. The molecule has 54 valence electrons. The van der Waals surface area contributed by atoms with Gasteiger partial charge >= 0.3 is 0 Å². The van der Waals surface area contributed by atoms with Crippen molar-refractivity contribution >= 4 is 11.7 Å². The molecule has 0 radical (unpaired) electrons. The number of rotatable bonds is 2. The van der Waals surface area contributed by atoms with Crippen LogP contribution in [0, 0.1) is 0 Å². The summed E-state index contributed by atoms with van der Waals surface area (Å²) < 4.78 is 0. The molecular weight excluding hydrogens is 132 g/mol. The molecule has 0 aromatic carbocycles. The average molecular weight is 140 g/mol. The molecule has 5 N–H and O–H groups in total. The van der Waals surface area contributed by atoms with Gasteiger partial charge in [-0.1, -0.05) is 0 Å². The van der Waals surface area contributed by atoms with Crippen molar-refractivity contribution in [3.63, 3.8) is 0 Å². The van der Waals surface area contributed by atoms with Gasteiger partial charge in [0.2, 0.25) is 5.91 Å². The number of nitrogen functional groups attached to an aromatic ring is 1. The van der Waals surface area contributed by atoms with Crippen LogP contribution in [0.3, 0.4) is 0 Å². The highest BCUT2D eigenvalue weighted by Crippen LogP contribution is 2.03. The highest BCUT2D eigenvalue weighted by Gasteiger charge is 2.03. The predicted molar refractivity (Wildman–Crippen MR) is 35.9 cm³/mol. The number of hydrogen-bond acceptors (Lipinski definition) is 3. The lowest BCUT2D eigenvalue weighted by molar-refractivity contribution is -0.117. The number of anilines is 1. The molecule has 0 fully saturated rings. The van der Waals surface area contributed by atoms with Crippen molar-refractivity contribution < 1.29 is 4.79 Å². The van der Waals surface area contributed by atoms with Gasteiger partial charge in [-0.3, -0.25) is 4.79 Å². The third-order valence-electron chi connectivity index (χ3n) is 1.10. The second kappa shape index (κ2) is 2.38. The molecule has 1 amide bonds. The van der Waals surface area contributed by atoms with Crippen molar-refractivity contribution in [2.45, 2.75) is 6.42 Å². The minimum atomic E-state index is -0.420. The molecule has 0 aliphatic rings. The number of primary amides is 1. The first-order valence-electron chi connectivity index (χ1n) is 2.76. The van der Waals surface area contributed by atoms with Crippen molar-refractivity contribution in [3.05, 3.63) is 12.0 Å². The quantitative estimate of drug-likeness (QED) is 0.492. The van der Waals surface area contributed by atoms with Crippen molar-refractivity contribution in [2.24, 2.45) is 5.73 Å².